The lowest BCUT2D eigenvalue weighted by atomic mass is 10.1. The molecule has 1 atom stereocenters. The van der Waals surface area contributed by atoms with Crippen molar-refractivity contribution in [3.05, 3.63) is 28.8 Å². The number of rotatable bonds is 6. The molecule has 2 N–H and O–H groups in total. The topological polar surface area (TPSA) is 63.4 Å². The number of benzene rings is 1. The van der Waals surface area contributed by atoms with Crippen molar-refractivity contribution < 1.29 is 8.42 Å². The third kappa shape index (κ3) is 3.95. The second kappa shape index (κ2) is 6.89. The summed E-state index contributed by atoms with van der Waals surface area (Å²) in [5, 5.41) is 0.228. The van der Waals surface area contributed by atoms with Crippen molar-refractivity contribution in [3.63, 3.8) is 0 Å². The molecule has 0 aliphatic rings. The standard InChI is InChI=1S/C14H23ClN2O2S/c1-10(2)7-11(3)17(4)20(18,19)14-8-12(9-16)5-6-13(14)15/h5-6,8,10-11H,7,9,16H2,1-4H3. The Morgan fingerprint density at radius 3 is 2.40 bits per heavy atom. The first-order chi connectivity index (χ1) is 9.20. The van der Waals surface area contributed by atoms with Crippen LogP contribution in [0, 0.1) is 5.92 Å². The molecule has 0 aliphatic heterocycles. The molecule has 4 nitrogen and oxygen atoms in total. The van der Waals surface area contributed by atoms with Crippen LogP contribution in [-0.4, -0.2) is 25.8 Å². The van der Waals surface area contributed by atoms with Crippen LogP contribution in [0.1, 0.15) is 32.8 Å². The highest BCUT2D eigenvalue weighted by molar-refractivity contribution is 7.89. The summed E-state index contributed by atoms with van der Waals surface area (Å²) in [6.45, 7) is 6.32. The summed E-state index contributed by atoms with van der Waals surface area (Å²) in [5.41, 5.74) is 6.31. The summed E-state index contributed by atoms with van der Waals surface area (Å²) < 4.78 is 26.7. The van der Waals surface area contributed by atoms with Gasteiger partial charge in [0.25, 0.3) is 0 Å². The van der Waals surface area contributed by atoms with Gasteiger partial charge in [0, 0.05) is 19.6 Å². The van der Waals surface area contributed by atoms with Gasteiger partial charge in [0.1, 0.15) is 4.90 Å². The van der Waals surface area contributed by atoms with Gasteiger partial charge in [-0.15, -0.1) is 0 Å². The summed E-state index contributed by atoms with van der Waals surface area (Å²) in [7, 11) is -2.01. The van der Waals surface area contributed by atoms with E-state index in [1.54, 1.807) is 25.2 Å². The van der Waals surface area contributed by atoms with E-state index in [1.807, 2.05) is 6.92 Å². The Labute approximate surface area is 127 Å². The second-order valence-electron chi connectivity index (χ2n) is 5.47. The number of sulfonamides is 1. The molecule has 0 bridgehead atoms. The summed E-state index contributed by atoms with van der Waals surface area (Å²) in [5.74, 6) is 0.425. The predicted molar refractivity (Wildman–Crippen MR) is 83.2 cm³/mol. The molecule has 0 heterocycles. The summed E-state index contributed by atoms with van der Waals surface area (Å²) in [6, 6.07) is 4.78. The van der Waals surface area contributed by atoms with Crippen LogP contribution in [0.25, 0.3) is 0 Å². The van der Waals surface area contributed by atoms with Crippen molar-refractivity contribution in [2.75, 3.05) is 7.05 Å². The monoisotopic (exact) mass is 318 g/mol. The Bertz CT molecular complexity index is 558. The van der Waals surface area contributed by atoms with Gasteiger partial charge in [-0.1, -0.05) is 31.5 Å². The molecule has 1 unspecified atom stereocenters. The molecule has 0 fully saturated rings. The molecule has 0 saturated carbocycles. The maximum absolute atomic E-state index is 12.6. The number of hydrogen-bond donors (Lipinski definition) is 1. The Hall–Kier alpha value is -0.620. The van der Waals surface area contributed by atoms with Gasteiger partial charge >= 0.3 is 0 Å². The van der Waals surface area contributed by atoms with Crippen molar-refractivity contribution in [1.29, 1.82) is 0 Å². The van der Waals surface area contributed by atoms with E-state index in [4.69, 9.17) is 17.3 Å². The van der Waals surface area contributed by atoms with Gasteiger partial charge in [-0.2, -0.15) is 4.31 Å². The van der Waals surface area contributed by atoms with Gasteiger partial charge in [-0.3, -0.25) is 0 Å². The van der Waals surface area contributed by atoms with Crippen LogP contribution in [0.4, 0.5) is 0 Å². The van der Waals surface area contributed by atoms with E-state index in [0.717, 1.165) is 12.0 Å². The minimum atomic E-state index is -3.60. The Balaban J connectivity index is 3.16. The smallest absolute Gasteiger partial charge is 0.244 e. The molecule has 1 aromatic carbocycles. The molecule has 0 radical (unpaired) electrons. The summed E-state index contributed by atoms with van der Waals surface area (Å²) in [4.78, 5) is 0.125. The lowest BCUT2D eigenvalue weighted by molar-refractivity contribution is 0.338. The third-order valence-corrected chi connectivity index (χ3v) is 5.77. The van der Waals surface area contributed by atoms with E-state index < -0.39 is 10.0 Å². The number of hydrogen-bond acceptors (Lipinski definition) is 3. The number of nitrogens with two attached hydrogens (primary N) is 1. The lowest BCUT2D eigenvalue weighted by Gasteiger charge is -2.26. The molecule has 0 saturated heterocycles. The van der Waals surface area contributed by atoms with Gasteiger partial charge in [-0.05, 0) is 37.0 Å². The first kappa shape index (κ1) is 17.4. The van der Waals surface area contributed by atoms with E-state index in [0.29, 0.717) is 5.92 Å². The minimum absolute atomic E-state index is 0.0856. The zero-order chi connectivity index (χ0) is 15.5. The zero-order valence-electron chi connectivity index (χ0n) is 12.4. The zero-order valence-corrected chi connectivity index (χ0v) is 14.0. The van der Waals surface area contributed by atoms with E-state index in [-0.39, 0.29) is 22.5 Å². The average molecular weight is 319 g/mol. The molecule has 1 rings (SSSR count). The Kier molecular flexibility index (Phi) is 6.01. The van der Waals surface area contributed by atoms with E-state index >= 15 is 0 Å². The molecular formula is C14H23ClN2O2S. The van der Waals surface area contributed by atoms with Crippen LogP contribution in [0.5, 0.6) is 0 Å². The maximum Gasteiger partial charge on any atom is 0.244 e. The minimum Gasteiger partial charge on any atom is -0.326 e. The van der Waals surface area contributed by atoms with Gasteiger partial charge < -0.3 is 5.73 Å². The first-order valence-corrected chi connectivity index (χ1v) is 8.48. The van der Waals surface area contributed by atoms with Crippen LogP contribution >= 0.6 is 11.6 Å². The van der Waals surface area contributed by atoms with Crippen molar-refractivity contribution in [2.45, 2.75) is 44.7 Å². The highest BCUT2D eigenvalue weighted by Gasteiger charge is 2.27. The van der Waals surface area contributed by atoms with E-state index in [9.17, 15) is 8.42 Å². The van der Waals surface area contributed by atoms with E-state index in [2.05, 4.69) is 13.8 Å². The lowest BCUT2D eigenvalue weighted by Crippen LogP contribution is -2.36. The maximum atomic E-state index is 12.6. The molecule has 0 aromatic heterocycles. The van der Waals surface area contributed by atoms with Crippen LogP contribution in [-0.2, 0) is 16.6 Å². The fourth-order valence-corrected chi connectivity index (χ4v) is 3.99. The molecular weight excluding hydrogens is 296 g/mol. The van der Waals surface area contributed by atoms with Crippen LogP contribution < -0.4 is 5.73 Å². The fourth-order valence-electron chi connectivity index (χ4n) is 2.10. The second-order valence-corrected chi connectivity index (χ2v) is 7.84. The molecule has 114 valence electrons. The highest BCUT2D eigenvalue weighted by atomic mass is 35.5. The molecule has 0 amide bonds. The quantitative estimate of drug-likeness (QED) is 0.877. The normalized spacial score (nSPS) is 14.0. The van der Waals surface area contributed by atoms with Gasteiger partial charge in [0.2, 0.25) is 10.0 Å². The fraction of sp³-hybridized carbons (Fsp3) is 0.571. The van der Waals surface area contributed by atoms with Crippen molar-refractivity contribution >= 4 is 21.6 Å². The molecule has 20 heavy (non-hydrogen) atoms. The largest absolute Gasteiger partial charge is 0.326 e. The SMILES string of the molecule is CC(C)CC(C)N(C)S(=O)(=O)c1cc(CN)ccc1Cl. The molecule has 0 aliphatic carbocycles. The number of nitrogens with zero attached hydrogens (tertiary/aromatic N) is 1. The molecule has 1 aromatic rings. The van der Waals surface area contributed by atoms with Crippen LogP contribution in [0.15, 0.2) is 23.1 Å². The summed E-state index contributed by atoms with van der Waals surface area (Å²) in [6.07, 6.45) is 0.796. The van der Waals surface area contributed by atoms with Gasteiger partial charge in [-0.25, -0.2) is 8.42 Å². The first-order valence-electron chi connectivity index (χ1n) is 6.66. The van der Waals surface area contributed by atoms with Crippen molar-refractivity contribution in [2.24, 2.45) is 11.7 Å². The third-order valence-electron chi connectivity index (χ3n) is 3.32. The van der Waals surface area contributed by atoms with Crippen LogP contribution in [0.2, 0.25) is 5.02 Å². The van der Waals surface area contributed by atoms with Crippen LogP contribution in [0.3, 0.4) is 0 Å². The Morgan fingerprint density at radius 1 is 1.30 bits per heavy atom. The Morgan fingerprint density at radius 2 is 1.90 bits per heavy atom. The average Bonchev–Trinajstić information content (AvgIpc) is 2.37. The van der Waals surface area contributed by atoms with Gasteiger partial charge in [0.15, 0.2) is 0 Å². The van der Waals surface area contributed by atoms with Gasteiger partial charge in [0.05, 0.1) is 5.02 Å². The van der Waals surface area contributed by atoms with E-state index in [1.165, 1.54) is 4.31 Å². The molecule has 0 spiro atoms. The molecule has 6 heteroatoms. The number of halogens is 1. The van der Waals surface area contributed by atoms with Crippen molar-refractivity contribution in [3.8, 4) is 0 Å². The predicted octanol–water partition coefficient (Wildman–Crippen LogP) is 2.85. The van der Waals surface area contributed by atoms with Crippen molar-refractivity contribution in [1.82, 2.24) is 4.31 Å². The highest BCUT2D eigenvalue weighted by Crippen LogP contribution is 2.27. The summed E-state index contributed by atoms with van der Waals surface area (Å²) >= 11 is 6.05.